The van der Waals surface area contributed by atoms with Crippen molar-refractivity contribution in [2.75, 3.05) is 39.5 Å². The summed E-state index contributed by atoms with van der Waals surface area (Å²) in [4.78, 5) is 9.41. The van der Waals surface area contributed by atoms with Crippen LogP contribution in [0.4, 0.5) is 0 Å². The zero-order valence-corrected chi connectivity index (χ0v) is 22.2. The van der Waals surface area contributed by atoms with Crippen LogP contribution in [-0.4, -0.2) is 73.7 Å². The summed E-state index contributed by atoms with van der Waals surface area (Å²) in [6.45, 7) is 14.6. The fraction of sp³-hybridized carbons (Fsp3) is 0.484. The molecule has 0 amide bonds. The number of piperidine rings is 1. The van der Waals surface area contributed by atoms with Crippen molar-refractivity contribution in [1.82, 2.24) is 15.1 Å². The van der Waals surface area contributed by atoms with Gasteiger partial charge in [-0.3, -0.25) is 14.8 Å². The summed E-state index contributed by atoms with van der Waals surface area (Å²) < 4.78 is 6.03. The van der Waals surface area contributed by atoms with Crippen molar-refractivity contribution in [3.8, 4) is 6.07 Å². The summed E-state index contributed by atoms with van der Waals surface area (Å²) in [5, 5.41) is 13.2. The van der Waals surface area contributed by atoms with Crippen molar-refractivity contribution in [3.63, 3.8) is 0 Å². The predicted molar refractivity (Wildman–Crippen MR) is 150 cm³/mol. The fourth-order valence-corrected chi connectivity index (χ4v) is 5.67. The standard InChI is InChI=1S/C31H39N5O/c1-22(27-7-4-6-25(17-27)18-32)16-30(29-19-36-20-31(36)23(29)2)34-28-9-13-35(14-10-28)21-37-15-11-26-8-5-12-33-24(26)3/h4-8,12,16-17,24,26,28,31,34H,1,9-11,13-15,19-21H2,2-3H3/b30-16+/t24-,26?,31?,36?/m0/s1. The van der Waals surface area contributed by atoms with Crippen molar-refractivity contribution in [1.29, 1.82) is 5.26 Å². The molecular weight excluding hydrogens is 458 g/mol. The van der Waals surface area contributed by atoms with E-state index in [1.807, 2.05) is 36.6 Å². The predicted octanol–water partition coefficient (Wildman–Crippen LogP) is 4.53. The number of dihydropyridines is 1. The Bertz CT molecular complexity index is 1160. The number of allylic oxidation sites excluding steroid dienone is 3. The maximum Gasteiger partial charge on any atom is 0.0991 e. The first-order valence-electron chi connectivity index (χ1n) is 13.6. The van der Waals surface area contributed by atoms with E-state index in [9.17, 15) is 5.26 Å². The molecule has 4 aliphatic rings. The van der Waals surface area contributed by atoms with Crippen LogP contribution in [0.2, 0.25) is 0 Å². The number of rotatable bonds is 10. The minimum atomic E-state index is 0.352. The summed E-state index contributed by atoms with van der Waals surface area (Å²) in [7, 11) is 0. The number of ether oxygens (including phenoxy) is 1. The first-order chi connectivity index (χ1) is 18.0. The van der Waals surface area contributed by atoms with Gasteiger partial charge in [-0.15, -0.1) is 0 Å². The van der Waals surface area contributed by atoms with Crippen LogP contribution in [0.1, 0.15) is 44.2 Å². The molecule has 0 radical (unpaired) electrons. The highest BCUT2D eigenvalue weighted by Gasteiger charge is 2.43. The number of fused-ring (bicyclic) bond motifs is 1. The van der Waals surface area contributed by atoms with E-state index < -0.39 is 0 Å². The van der Waals surface area contributed by atoms with Gasteiger partial charge in [0.2, 0.25) is 0 Å². The van der Waals surface area contributed by atoms with Crippen LogP contribution >= 0.6 is 0 Å². The Morgan fingerprint density at radius 3 is 2.89 bits per heavy atom. The lowest BCUT2D eigenvalue weighted by Crippen LogP contribution is -2.43. The van der Waals surface area contributed by atoms with Gasteiger partial charge in [-0.25, -0.2) is 0 Å². The van der Waals surface area contributed by atoms with Crippen LogP contribution in [0.15, 0.2) is 70.9 Å². The van der Waals surface area contributed by atoms with Crippen molar-refractivity contribution in [2.24, 2.45) is 10.9 Å². The summed E-state index contributed by atoms with van der Waals surface area (Å²) in [5.41, 5.74) is 6.69. The number of nitrogens with zero attached hydrogens (tertiary/aromatic N) is 4. The molecule has 0 spiro atoms. The van der Waals surface area contributed by atoms with E-state index in [2.05, 4.69) is 58.8 Å². The molecule has 1 aromatic rings. The lowest BCUT2D eigenvalue weighted by atomic mass is 9.96. The number of nitrogens with one attached hydrogen (secondary N) is 1. The van der Waals surface area contributed by atoms with Gasteiger partial charge in [-0.1, -0.05) is 24.8 Å². The molecule has 37 heavy (non-hydrogen) atoms. The summed E-state index contributed by atoms with van der Waals surface area (Å²) >= 11 is 0. The number of hydrogen-bond acceptors (Lipinski definition) is 6. The molecule has 4 aliphatic heterocycles. The van der Waals surface area contributed by atoms with Gasteiger partial charge in [0.1, 0.15) is 0 Å². The van der Waals surface area contributed by atoms with Crippen LogP contribution < -0.4 is 5.32 Å². The minimum Gasteiger partial charge on any atom is -0.382 e. The van der Waals surface area contributed by atoms with Gasteiger partial charge in [0.25, 0.3) is 0 Å². The third-order valence-electron chi connectivity index (χ3n) is 8.26. The maximum atomic E-state index is 9.30. The zero-order chi connectivity index (χ0) is 25.8. The molecule has 3 unspecified atom stereocenters. The number of aliphatic imine (C=N–C) groups is 1. The molecule has 0 bridgehead atoms. The minimum absolute atomic E-state index is 0.352. The second-order valence-electron chi connectivity index (χ2n) is 10.8. The maximum absolute atomic E-state index is 9.30. The lowest BCUT2D eigenvalue weighted by Gasteiger charge is -2.33. The molecule has 0 aromatic heterocycles. The average molecular weight is 498 g/mol. The van der Waals surface area contributed by atoms with E-state index in [1.54, 1.807) is 0 Å². The fourth-order valence-electron chi connectivity index (χ4n) is 5.67. The molecule has 4 heterocycles. The monoisotopic (exact) mass is 497 g/mol. The van der Waals surface area contributed by atoms with Gasteiger partial charge in [-0.05, 0) is 79.7 Å². The highest BCUT2D eigenvalue weighted by Crippen LogP contribution is 2.38. The topological polar surface area (TPSA) is 63.7 Å². The SMILES string of the molecule is C=C(/C=C(/NC1CCN(COCCC2C=CC=N[C@H]2C)CC1)C1=C(C)C2CN2C1)c1cccc(C#N)c1. The van der Waals surface area contributed by atoms with E-state index in [1.165, 1.54) is 23.4 Å². The van der Waals surface area contributed by atoms with Crippen LogP contribution in [-0.2, 0) is 4.74 Å². The van der Waals surface area contributed by atoms with E-state index in [4.69, 9.17) is 4.74 Å². The second-order valence-corrected chi connectivity index (χ2v) is 10.8. The van der Waals surface area contributed by atoms with Crippen molar-refractivity contribution >= 4 is 11.8 Å². The summed E-state index contributed by atoms with van der Waals surface area (Å²) in [6.07, 6.45) is 11.6. The number of hydrogen-bond donors (Lipinski definition) is 1. The number of likely N-dealkylation sites (tertiary alicyclic amines) is 1. The highest BCUT2D eigenvalue weighted by atomic mass is 16.5. The van der Waals surface area contributed by atoms with Crippen LogP contribution in [0.5, 0.6) is 0 Å². The van der Waals surface area contributed by atoms with Crippen molar-refractivity contribution in [2.45, 2.75) is 51.2 Å². The zero-order valence-electron chi connectivity index (χ0n) is 22.2. The first-order valence-corrected chi connectivity index (χ1v) is 13.6. The Hall–Kier alpha value is -2.98. The van der Waals surface area contributed by atoms with Gasteiger partial charge in [0.05, 0.1) is 24.4 Å². The smallest absolute Gasteiger partial charge is 0.0991 e. The van der Waals surface area contributed by atoms with Gasteiger partial charge in [-0.2, -0.15) is 5.26 Å². The second kappa shape index (κ2) is 11.6. The lowest BCUT2D eigenvalue weighted by molar-refractivity contribution is 0.0107. The molecule has 6 heteroatoms. The van der Waals surface area contributed by atoms with Gasteiger partial charge < -0.3 is 10.1 Å². The normalized spacial score (nSPS) is 27.8. The highest BCUT2D eigenvalue weighted by molar-refractivity contribution is 5.75. The molecule has 2 saturated heterocycles. The summed E-state index contributed by atoms with van der Waals surface area (Å²) in [5.74, 6) is 0.484. The Morgan fingerprint density at radius 1 is 1.32 bits per heavy atom. The largest absolute Gasteiger partial charge is 0.382 e. The van der Waals surface area contributed by atoms with Gasteiger partial charge >= 0.3 is 0 Å². The van der Waals surface area contributed by atoms with Crippen molar-refractivity contribution < 1.29 is 4.74 Å². The van der Waals surface area contributed by atoms with Crippen LogP contribution in [0, 0.1) is 17.2 Å². The third kappa shape index (κ3) is 6.30. The quantitative estimate of drug-likeness (QED) is 0.292. The van der Waals surface area contributed by atoms with Gasteiger partial charge in [0, 0.05) is 62.7 Å². The Kier molecular flexibility index (Phi) is 8.05. The number of nitriles is 1. The van der Waals surface area contributed by atoms with Crippen molar-refractivity contribution in [3.05, 3.63) is 77.0 Å². The number of benzene rings is 1. The first kappa shape index (κ1) is 25.7. The van der Waals surface area contributed by atoms with Crippen LogP contribution in [0.25, 0.3) is 5.57 Å². The Morgan fingerprint density at radius 2 is 2.16 bits per heavy atom. The molecular formula is C31H39N5O. The molecule has 5 rings (SSSR count). The van der Waals surface area contributed by atoms with E-state index in [0.717, 1.165) is 56.6 Å². The molecule has 0 aliphatic carbocycles. The van der Waals surface area contributed by atoms with Crippen LogP contribution in [0.3, 0.4) is 0 Å². The molecule has 6 nitrogen and oxygen atoms in total. The Balaban J connectivity index is 1.15. The average Bonchev–Trinajstić information content (AvgIpc) is 3.63. The van der Waals surface area contributed by atoms with E-state index in [0.29, 0.717) is 36.3 Å². The molecule has 4 atom stereocenters. The Labute approximate surface area is 221 Å². The van der Waals surface area contributed by atoms with E-state index >= 15 is 0 Å². The summed E-state index contributed by atoms with van der Waals surface area (Å²) in [6, 6.07) is 11.4. The van der Waals surface area contributed by atoms with Gasteiger partial charge in [0.15, 0.2) is 0 Å². The molecule has 2 fully saturated rings. The molecule has 0 saturated carbocycles. The van der Waals surface area contributed by atoms with E-state index in [-0.39, 0.29) is 0 Å². The molecule has 194 valence electrons. The molecule has 1 N–H and O–H groups in total. The molecule has 1 aromatic carbocycles. The third-order valence-corrected chi connectivity index (χ3v) is 8.26.